The highest BCUT2D eigenvalue weighted by atomic mass is 16.3. The Morgan fingerprint density at radius 1 is 1.36 bits per heavy atom. The van der Waals surface area contributed by atoms with Gasteiger partial charge in [-0.3, -0.25) is 4.79 Å². The molecule has 1 rings (SSSR count). The van der Waals surface area contributed by atoms with Crippen LogP contribution in [0.5, 0.6) is 0 Å². The Morgan fingerprint density at radius 3 is 2.36 bits per heavy atom. The number of carbonyl (C=O) groups excluding carboxylic acids is 1. The van der Waals surface area contributed by atoms with Gasteiger partial charge in [-0.25, -0.2) is 0 Å². The van der Waals surface area contributed by atoms with E-state index >= 15 is 0 Å². The van der Waals surface area contributed by atoms with Crippen molar-refractivity contribution < 1.29 is 9.90 Å². The van der Waals surface area contributed by atoms with Gasteiger partial charge in [0, 0.05) is 0 Å². The van der Waals surface area contributed by atoms with E-state index in [0.717, 1.165) is 0 Å². The molecular weight excluding hydrogens is 142 g/mol. The van der Waals surface area contributed by atoms with Crippen molar-refractivity contribution in [3.8, 4) is 0 Å². The smallest absolute Gasteiger partial charge is 0.250 e. The lowest BCUT2D eigenvalue weighted by atomic mass is 10.1. The van der Waals surface area contributed by atoms with Gasteiger partial charge in [0.05, 0.1) is 0 Å². The van der Waals surface area contributed by atoms with Crippen molar-refractivity contribution in [2.75, 3.05) is 0 Å². The van der Waals surface area contributed by atoms with Crippen LogP contribution in [0, 0.1) is 0 Å². The molecule has 0 radical (unpaired) electrons. The molecule has 0 saturated carbocycles. The first-order valence-electron chi connectivity index (χ1n) is 3.24. The standard InChI is InChI=1S/C8H9NO2/c9-8(11)7(10)6-4-2-1-3-5-6/h1-5,7,10H,(H2,9,11). The molecule has 1 aromatic carbocycles. The van der Waals surface area contributed by atoms with Crippen LogP contribution in [-0.2, 0) is 4.79 Å². The first-order valence-corrected chi connectivity index (χ1v) is 3.24. The zero-order valence-corrected chi connectivity index (χ0v) is 5.90. The Morgan fingerprint density at radius 2 is 1.91 bits per heavy atom. The Balaban J connectivity index is 2.85. The number of nitrogens with two attached hydrogens (primary N) is 1. The highest BCUT2D eigenvalue weighted by Gasteiger charge is 2.11. The SMILES string of the molecule is NC(=O)C(O)c1ccccc1. The molecule has 1 atom stereocenters. The minimum Gasteiger partial charge on any atom is -0.378 e. The van der Waals surface area contributed by atoms with Gasteiger partial charge in [0.2, 0.25) is 0 Å². The first-order chi connectivity index (χ1) is 5.22. The summed E-state index contributed by atoms with van der Waals surface area (Å²) in [5, 5.41) is 9.12. The highest BCUT2D eigenvalue weighted by molar-refractivity contribution is 5.79. The van der Waals surface area contributed by atoms with Crippen molar-refractivity contribution in [2.45, 2.75) is 6.10 Å². The average molecular weight is 151 g/mol. The summed E-state index contributed by atoms with van der Waals surface area (Å²) in [6.45, 7) is 0. The van der Waals surface area contributed by atoms with E-state index in [1.54, 1.807) is 30.3 Å². The van der Waals surface area contributed by atoms with Gasteiger partial charge in [-0.2, -0.15) is 0 Å². The third-order valence-corrected chi connectivity index (χ3v) is 1.38. The number of primary amides is 1. The Bertz CT molecular complexity index is 246. The number of aliphatic hydroxyl groups is 1. The summed E-state index contributed by atoms with van der Waals surface area (Å²) >= 11 is 0. The second-order valence-electron chi connectivity index (χ2n) is 2.22. The van der Waals surface area contributed by atoms with Crippen LogP contribution in [0.2, 0.25) is 0 Å². The van der Waals surface area contributed by atoms with Crippen molar-refractivity contribution in [3.05, 3.63) is 35.9 Å². The lowest BCUT2D eigenvalue weighted by Crippen LogP contribution is -2.20. The molecule has 0 fully saturated rings. The van der Waals surface area contributed by atoms with Gasteiger partial charge in [-0.05, 0) is 5.56 Å². The molecule has 0 bridgehead atoms. The maximum atomic E-state index is 10.5. The van der Waals surface area contributed by atoms with Crippen LogP contribution in [0.4, 0.5) is 0 Å². The zero-order chi connectivity index (χ0) is 8.27. The van der Waals surface area contributed by atoms with E-state index in [1.165, 1.54) is 0 Å². The fraction of sp³-hybridized carbons (Fsp3) is 0.125. The summed E-state index contributed by atoms with van der Waals surface area (Å²) in [4.78, 5) is 10.5. The van der Waals surface area contributed by atoms with Gasteiger partial charge in [0.25, 0.3) is 5.91 Å². The Kier molecular flexibility index (Phi) is 2.23. The summed E-state index contributed by atoms with van der Waals surface area (Å²) in [7, 11) is 0. The van der Waals surface area contributed by atoms with Crippen LogP contribution in [0.1, 0.15) is 11.7 Å². The summed E-state index contributed by atoms with van der Waals surface area (Å²) in [5.41, 5.74) is 5.41. The van der Waals surface area contributed by atoms with Crippen LogP contribution in [0.15, 0.2) is 30.3 Å². The van der Waals surface area contributed by atoms with Crippen molar-refractivity contribution in [1.29, 1.82) is 0 Å². The third kappa shape index (κ3) is 1.78. The van der Waals surface area contributed by atoms with Gasteiger partial charge in [0.1, 0.15) is 0 Å². The zero-order valence-electron chi connectivity index (χ0n) is 5.90. The molecule has 3 nitrogen and oxygen atoms in total. The van der Waals surface area contributed by atoms with Gasteiger partial charge in [-0.15, -0.1) is 0 Å². The largest absolute Gasteiger partial charge is 0.378 e. The molecule has 11 heavy (non-hydrogen) atoms. The lowest BCUT2D eigenvalue weighted by molar-refractivity contribution is -0.126. The summed E-state index contributed by atoms with van der Waals surface area (Å²) in [5.74, 6) is -0.726. The van der Waals surface area contributed by atoms with Crippen molar-refractivity contribution in [3.63, 3.8) is 0 Å². The van der Waals surface area contributed by atoms with Crippen LogP contribution in [0.3, 0.4) is 0 Å². The minimum absolute atomic E-state index is 0.528. The number of hydrogen-bond acceptors (Lipinski definition) is 2. The number of rotatable bonds is 2. The molecule has 0 spiro atoms. The third-order valence-electron chi connectivity index (χ3n) is 1.38. The van der Waals surface area contributed by atoms with Crippen molar-refractivity contribution in [1.82, 2.24) is 0 Å². The number of amides is 1. The van der Waals surface area contributed by atoms with E-state index in [1.807, 2.05) is 0 Å². The Hall–Kier alpha value is -1.35. The summed E-state index contributed by atoms with van der Waals surface area (Å²) in [6, 6.07) is 8.57. The summed E-state index contributed by atoms with van der Waals surface area (Å²) < 4.78 is 0. The molecule has 3 N–H and O–H groups in total. The molecule has 1 unspecified atom stereocenters. The highest BCUT2D eigenvalue weighted by Crippen LogP contribution is 2.10. The average Bonchev–Trinajstić information content (AvgIpc) is 2.05. The Labute approximate surface area is 64.5 Å². The molecule has 3 heteroatoms. The van der Waals surface area contributed by atoms with E-state index in [-0.39, 0.29) is 0 Å². The minimum atomic E-state index is -1.18. The number of hydrogen-bond donors (Lipinski definition) is 2. The van der Waals surface area contributed by atoms with E-state index < -0.39 is 12.0 Å². The molecule has 0 aliphatic heterocycles. The maximum Gasteiger partial charge on any atom is 0.250 e. The molecule has 0 heterocycles. The molecule has 0 aromatic heterocycles. The fourth-order valence-corrected chi connectivity index (χ4v) is 0.800. The van der Waals surface area contributed by atoms with Gasteiger partial charge in [0.15, 0.2) is 6.10 Å². The predicted octanol–water partition coefficient (Wildman–Crippen LogP) is 0.205. The number of aliphatic hydroxyl groups excluding tert-OH is 1. The topological polar surface area (TPSA) is 63.3 Å². The quantitative estimate of drug-likeness (QED) is 0.634. The van der Waals surface area contributed by atoms with Crippen LogP contribution in [-0.4, -0.2) is 11.0 Å². The van der Waals surface area contributed by atoms with E-state index in [9.17, 15) is 4.79 Å². The fourth-order valence-electron chi connectivity index (χ4n) is 0.800. The van der Waals surface area contributed by atoms with E-state index in [4.69, 9.17) is 10.8 Å². The lowest BCUT2D eigenvalue weighted by Gasteiger charge is -2.04. The number of benzene rings is 1. The maximum absolute atomic E-state index is 10.5. The normalized spacial score (nSPS) is 12.5. The van der Waals surface area contributed by atoms with E-state index in [0.29, 0.717) is 5.56 Å². The molecule has 0 saturated heterocycles. The van der Waals surface area contributed by atoms with Gasteiger partial charge >= 0.3 is 0 Å². The molecular formula is C8H9NO2. The monoisotopic (exact) mass is 151 g/mol. The van der Waals surface area contributed by atoms with Crippen LogP contribution in [0.25, 0.3) is 0 Å². The van der Waals surface area contributed by atoms with Crippen LogP contribution >= 0.6 is 0 Å². The van der Waals surface area contributed by atoms with Crippen LogP contribution < -0.4 is 5.73 Å². The van der Waals surface area contributed by atoms with Gasteiger partial charge < -0.3 is 10.8 Å². The second kappa shape index (κ2) is 3.16. The molecule has 0 aliphatic rings. The second-order valence-corrected chi connectivity index (χ2v) is 2.22. The summed E-state index contributed by atoms with van der Waals surface area (Å²) in [6.07, 6.45) is -1.18. The van der Waals surface area contributed by atoms with E-state index in [2.05, 4.69) is 0 Å². The number of carbonyl (C=O) groups is 1. The molecule has 1 aromatic rings. The predicted molar refractivity (Wildman–Crippen MR) is 40.6 cm³/mol. The molecule has 1 amide bonds. The van der Waals surface area contributed by atoms with Crippen molar-refractivity contribution >= 4 is 5.91 Å². The van der Waals surface area contributed by atoms with Gasteiger partial charge in [-0.1, -0.05) is 30.3 Å². The molecule has 0 aliphatic carbocycles. The molecule has 58 valence electrons. The van der Waals surface area contributed by atoms with Crippen molar-refractivity contribution in [2.24, 2.45) is 5.73 Å². The first kappa shape index (κ1) is 7.75.